The van der Waals surface area contributed by atoms with Crippen molar-refractivity contribution in [1.29, 1.82) is 0 Å². The molecular formula is C16H18N2O3. The SMILES string of the molecule is Cc1oc(C(=O)NN)cc1COc1ccc2c(c1)CCC2. The lowest BCUT2D eigenvalue weighted by molar-refractivity contribution is 0.0924. The van der Waals surface area contributed by atoms with Crippen molar-refractivity contribution in [2.75, 3.05) is 0 Å². The number of nitrogen functional groups attached to an aromatic ring is 1. The molecule has 1 aliphatic rings. The number of carbonyl (C=O) groups is 1. The van der Waals surface area contributed by atoms with Crippen LogP contribution in [0, 0.1) is 6.92 Å². The number of nitrogens with two attached hydrogens (primary N) is 1. The van der Waals surface area contributed by atoms with E-state index in [4.69, 9.17) is 15.0 Å². The molecule has 0 fully saturated rings. The number of hydrogen-bond donors (Lipinski definition) is 2. The normalized spacial score (nSPS) is 13.0. The Morgan fingerprint density at radius 1 is 1.33 bits per heavy atom. The van der Waals surface area contributed by atoms with Crippen molar-refractivity contribution in [1.82, 2.24) is 5.43 Å². The number of fused-ring (bicyclic) bond motifs is 1. The Morgan fingerprint density at radius 3 is 2.95 bits per heavy atom. The highest BCUT2D eigenvalue weighted by molar-refractivity contribution is 5.91. The maximum atomic E-state index is 11.4. The Kier molecular flexibility index (Phi) is 3.66. The van der Waals surface area contributed by atoms with E-state index in [1.165, 1.54) is 17.5 Å². The number of rotatable bonds is 4. The molecule has 0 radical (unpaired) electrons. The quantitative estimate of drug-likeness (QED) is 0.513. The molecule has 1 aliphatic carbocycles. The number of ether oxygens (including phenoxy) is 1. The number of amides is 1. The molecule has 3 N–H and O–H groups in total. The van der Waals surface area contributed by atoms with Crippen LogP contribution >= 0.6 is 0 Å². The molecule has 110 valence electrons. The van der Waals surface area contributed by atoms with Crippen LogP contribution in [0.3, 0.4) is 0 Å². The monoisotopic (exact) mass is 286 g/mol. The van der Waals surface area contributed by atoms with Crippen molar-refractivity contribution in [2.45, 2.75) is 32.8 Å². The van der Waals surface area contributed by atoms with Gasteiger partial charge in [-0.2, -0.15) is 0 Å². The van der Waals surface area contributed by atoms with Gasteiger partial charge in [0.05, 0.1) is 0 Å². The number of aryl methyl sites for hydroxylation is 3. The zero-order chi connectivity index (χ0) is 14.8. The van der Waals surface area contributed by atoms with Gasteiger partial charge in [0.2, 0.25) is 0 Å². The number of hydrazine groups is 1. The summed E-state index contributed by atoms with van der Waals surface area (Å²) in [6, 6.07) is 7.89. The van der Waals surface area contributed by atoms with Gasteiger partial charge in [0.1, 0.15) is 18.1 Å². The molecule has 1 aromatic carbocycles. The molecule has 0 bridgehead atoms. The third-order valence-electron chi connectivity index (χ3n) is 3.84. The Morgan fingerprint density at radius 2 is 2.14 bits per heavy atom. The van der Waals surface area contributed by atoms with Crippen molar-refractivity contribution in [3.63, 3.8) is 0 Å². The minimum Gasteiger partial charge on any atom is -0.489 e. The van der Waals surface area contributed by atoms with E-state index in [1.807, 2.05) is 6.07 Å². The summed E-state index contributed by atoms with van der Waals surface area (Å²) in [5.41, 5.74) is 5.69. The van der Waals surface area contributed by atoms with Crippen LogP contribution in [-0.4, -0.2) is 5.91 Å². The molecule has 1 aromatic heterocycles. The van der Waals surface area contributed by atoms with E-state index in [1.54, 1.807) is 13.0 Å². The predicted molar refractivity (Wildman–Crippen MR) is 77.9 cm³/mol. The fraction of sp³-hybridized carbons (Fsp3) is 0.312. The molecule has 0 aliphatic heterocycles. The molecule has 0 saturated carbocycles. The number of hydrogen-bond acceptors (Lipinski definition) is 4. The molecule has 2 aromatic rings. The van der Waals surface area contributed by atoms with Crippen molar-refractivity contribution < 1.29 is 13.9 Å². The van der Waals surface area contributed by atoms with E-state index in [2.05, 4.69) is 17.6 Å². The first-order valence-corrected chi connectivity index (χ1v) is 7.02. The van der Waals surface area contributed by atoms with Gasteiger partial charge in [-0.1, -0.05) is 6.07 Å². The van der Waals surface area contributed by atoms with E-state index in [0.717, 1.165) is 24.2 Å². The van der Waals surface area contributed by atoms with Gasteiger partial charge < -0.3 is 9.15 Å². The fourth-order valence-corrected chi connectivity index (χ4v) is 2.65. The van der Waals surface area contributed by atoms with Crippen LogP contribution in [0.4, 0.5) is 0 Å². The summed E-state index contributed by atoms with van der Waals surface area (Å²) in [4.78, 5) is 11.4. The smallest absolute Gasteiger partial charge is 0.300 e. The van der Waals surface area contributed by atoms with Crippen LogP contribution in [0.25, 0.3) is 0 Å². The van der Waals surface area contributed by atoms with Gasteiger partial charge in [0, 0.05) is 5.56 Å². The lowest BCUT2D eigenvalue weighted by Crippen LogP contribution is -2.29. The summed E-state index contributed by atoms with van der Waals surface area (Å²) >= 11 is 0. The van der Waals surface area contributed by atoms with Crippen LogP contribution in [0.2, 0.25) is 0 Å². The average Bonchev–Trinajstić information content (AvgIpc) is 3.10. The third kappa shape index (κ3) is 2.78. The molecule has 0 saturated heterocycles. The van der Waals surface area contributed by atoms with Gasteiger partial charge in [0.15, 0.2) is 5.76 Å². The van der Waals surface area contributed by atoms with Crippen LogP contribution < -0.4 is 16.0 Å². The lowest BCUT2D eigenvalue weighted by Gasteiger charge is -2.07. The Hall–Kier alpha value is -2.27. The molecule has 0 atom stereocenters. The minimum atomic E-state index is -0.443. The largest absolute Gasteiger partial charge is 0.489 e. The summed E-state index contributed by atoms with van der Waals surface area (Å²) in [7, 11) is 0. The minimum absolute atomic E-state index is 0.197. The number of benzene rings is 1. The van der Waals surface area contributed by atoms with E-state index in [-0.39, 0.29) is 5.76 Å². The Balaban J connectivity index is 1.70. The van der Waals surface area contributed by atoms with Crippen molar-refractivity contribution in [3.8, 4) is 5.75 Å². The number of carbonyl (C=O) groups excluding carboxylic acids is 1. The summed E-state index contributed by atoms with van der Waals surface area (Å²) in [5, 5.41) is 0. The van der Waals surface area contributed by atoms with Crippen molar-refractivity contribution >= 4 is 5.91 Å². The highest BCUT2D eigenvalue weighted by Gasteiger charge is 2.15. The first kappa shape index (κ1) is 13.7. The lowest BCUT2D eigenvalue weighted by atomic mass is 10.1. The summed E-state index contributed by atoms with van der Waals surface area (Å²) in [6.07, 6.45) is 3.50. The second-order valence-electron chi connectivity index (χ2n) is 5.24. The first-order chi connectivity index (χ1) is 10.2. The zero-order valence-electron chi connectivity index (χ0n) is 11.9. The predicted octanol–water partition coefficient (Wildman–Crippen LogP) is 2.26. The maximum Gasteiger partial charge on any atom is 0.300 e. The van der Waals surface area contributed by atoms with E-state index >= 15 is 0 Å². The number of furan rings is 1. The van der Waals surface area contributed by atoms with E-state index < -0.39 is 5.91 Å². The molecule has 5 nitrogen and oxygen atoms in total. The van der Waals surface area contributed by atoms with Gasteiger partial charge in [0.25, 0.3) is 0 Å². The zero-order valence-corrected chi connectivity index (χ0v) is 11.9. The molecule has 5 heteroatoms. The second-order valence-corrected chi connectivity index (χ2v) is 5.24. The van der Waals surface area contributed by atoms with Gasteiger partial charge in [-0.3, -0.25) is 10.2 Å². The standard InChI is InChI=1S/C16H18N2O3/c1-10-13(8-15(21-10)16(19)18-17)9-20-14-6-5-11-3-2-4-12(11)7-14/h5-8H,2-4,9,17H2,1H3,(H,18,19). The maximum absolute atomic E-state index is 11.4. The summed E-state index contributed by atoms with van der Waals surface area (Å²) in [6.45, 7) is 2.17. The highest BCUT2D eigenvalue weighted by Crippen LogP contribution is 2.27. The van der Waals surface area contributed by atoms with Crippen LogP contribution in [-0.2, 0) is 19.4 Å². The third-order valence-corrected chi connectivity index (χ3v) is 3.84. The van der Waals surface area contributed by atoms with E-state index in [0.29, 0.717) is 12.4 Å². The van der Waals surface area contributed by atoms with Crippen LogP contribution in [0.5, 0.6) is 5.75 Å². The van der Waals surface area contributed by atoms with Gasteiger partial charge in [-0.05, 0) is 55.5 Å². The van der Waals surface area contributed by atoms with Crippen LogP contribution in [0.15, 0.2) is 28.7 Å². The second kappa shape index (κ2) is 5.61. The van der Waals surface area contributed by atoms with Gasteiger partial charge >= 0.3 is 5.91 Å². The van der Waals surface area contributed by atoms with Crippen molar-refractivity contribution in [2.24, 2.45) is 5.84 Å². The summed E-state index contributed by atoms with van der Waals surface area (Å²) in [5.74, 6) is 6.35. The van der Waals surface area contributed by atoms with Gasteiger partial charge in [-0.15, -0.1) is 0 Å². The van der Waals surface area contributed by atoms with Crippen molar-refractivity contribution in [3.05, 3.63) is 52.5 Å². The molecule has 0 unspecified atom stereocenters. The molecule has 1 amide bonds. The highest BCUT2D eigenvalue weighted by atomic mass is 16.5. The topological polar surface area (TPSA) is 77.5 Å². The summed E-state index contributed by atoms with van der Waals surface area (Å²) < 4.78 is 11.2. The molecular weight excluding hydrogens is 268 g/mol. The van der Waals surface area contributed by atoms with Gasteiger partial charge in [-0.25, -0.2) is 5.84 Å². The average molecular weight is 286 g/mol. The van der Waals surface area contributed by atoms with E-state index in [9.17, 15) is 4.79 Å². The molecule has 0 spiro atoms. The Labute approximate surface area is 123 Å². The molecule has 21 heavy (non-hydrogen) atoms. The fourth-order valence-electron chi connectivity index (χ4n) is 2.65. The molecule has 3 rings (SSSR count). The number of nitrogens with one attached hydrogen (secondary N) is 1. The van der Waals surface area contributed by atoms with Crippen LogP contribution in [0.1, 0.15) is 39.4 Å². The molecule has 1 heterocycles. The first-order valence-electron chi connectivity index (χ1n) is 7.02. The Bertz CT molecular complexity index is 676.